The largest absolute Gasteiger partial charge is 0.355 e. The Morgan fingerprint density at radius 1 is 0.909 bits per heavy atom. The highest BCUT2D eigenvalue weighted by Gasteiger charge is 2.20. The highest BCUT2D eigenvalue weighted by Crippen LogP contribution is 2.34. The molecule has 0 amide bonds. The first-order chi connectivity index (χ1) is 15.8. The van der Waals surface area contributed by atoms with Crippen LogP contribution in [0.4, 0.5) is 0 Å². The lowest BCUT2D eigenvalue weighted by Crippen LogP contribution is -1.90. The van der Waals surface area contributed by atoms with Gasteiger partial charge in [-0.1, -0.05) is 13.8 Å². The molecule has 0 radical (unpaired) electrons. The number of nitrogens with zero attached hydrogens (tertiary/aromatic N) is 2. The average Bonchev–Trinajstić information content (AvgIpc) is 3.49. The molecular weight excluding hydrogens is 408 g/mol. The molecule has 8 bridgehead atoms. The van der Waals surface area contributed by atoms with Crippen molar-refractivity contribution < 1.29 is 4.79 Å². The lowest BCUT2D eigenvalue weighted by Gasteiger charge is -2.00. The Morgan fingerprint density at radius 3 is 2.33 bits per heavy atom. The summed E-state index contributed by atoms with van der Waals surface area (Å²) >= 11 is 0. The maximum Gasteiger partial charge on any atom is 0.152 e. The van der Waals surface area contributed by atoms with E-state index in [1.807, 2.05) is 13.0 Å². The number of fused-ring (bicyclic) bond motifs is 8. The van der Waals surface area contributed by atoms with E-state index in [-0.39, 0.29) is 0 Å². The van der Waals surface area contributed by atoms with Crippen molar-refractivity contribution in [3.63, 3.8) is 0 Å². The van der Waals surface area contributed by atoms with Crippen LogP contribution in [0.15, 0.2) is 24.3 Å². The van der Waals surface area contributed by atoms with Gasteiger partial charge in [-0.2, -0.15) is 0 Å². The van der Waals surface area contributed by atoms with Gasteiger partial charge >= 0.3 is 0 Å². The summed E-state index contributed by atoms with van der Waals surface area (Å²) in [5, 5.41) is 0. The SMILES string of the molecule is CCC1=C(C)c2cc3[nH]c(cc4nc(c(C)c5cc(C)c(cc1n2)[nH]5)C[C@@H]4C)c(C)c3C=O. The summed E-state index contributed by atoms with van der Waals surface area (Å²) in [6.45, 7) is 12.7. The lowest BCUT2D eigenvalue weighted by molar-refractivity contribution is 0.112. The molecule has 5 heteroatoms. The Balaban J connectivity index is 1.98. The molecule has 33 heavy (non-hydrogen) atoms. The third kappa shape index (κ3) is 3.43. The Labute approximate surface area is 194 Å². The number of hydrogen-bond donors (Lipinski definition) is 2. The minimum Gasteiger partial charge on any atom is -0.355 e. The molecule has 0 aliphatic carbocycles. The van der Waals surface area contributed by atoms with Gasteiger partial charge in [-0.3, -0.25) is 9.78 Å². The molecule has 0 unspecified atom stereocenters. The molecule has 3 aromatic heterocycles. The number of aryl methyl sites for hydroxylation is 3. The molecule has 168 valence electrons. The van der Waals surface area contributed by atoms with Crippen LogP contribution in [-0.4, -0.2) is 26.2 Å². The zero-order valence-electron chi connectivity index (χ0n) is 20.2. The summed E-state index contributed by atoms with van der Waals surface area (Å²) < 4.78 is 0. The molecule has 2 aliphatic rings. The van der Waals surface area contributed by atoms with E-state index in [4.69, 9.17) is 9.97 Å². The molecule has 2 aliphatic heterocycles. The molecule has 1 atom stereocenters. The van der Waals surface area contributed by atoms with Crippen LogP contribution in [0.1, 0.15) is 82.9 Å². The Morgan fingerprint density at radius 2 is 1.61 bits per heavy atom. The van der Waals surface area contributed by atoms with Crippen molar-refractivity contribution in [3.8, 4) is 0 Å². The van der Waals surface area contributed by atoms with Crippen molar-refractivity contribution in [3.05, 3.63) is 69.3 Å². The van der Waals surface area contributed by atoms with Crippen molar-refractivity contribution >= 4 is 39.5 Å². The van der Waals surface area contributed by atoms with E-state index in [0.717, 1.165) is 75.1 Å². The van der Waals surface area contributed by atoms with Gasteiger partial charge in [0.25, 0.3) is 0 Å². The fraction of sp³-hybridized carbons (Fsp3) is 0.321. The third-order valence-electron chi connectivity index (χ3n) is 7.24. The molecule has 0 saturated heterocycles. The van der Waals surface area contributed by atoms with Crippen LogP contribution in [0.25, 0.3) is 33.2 Å². The number of H-pyrrole nitrogens is 2. The van der Waals surface area contributed by atoms with E-state index in [2.05, 4.69) is 62.8 Å². The lowest BCUT2D eigenvalue weighted by atomic mass is 10.0. The molecular formula is C28H30N4O. The molecule has 5 nitrogen and oxygen atoms in total. The monoisotopic (exact) mass is 438 g/mol. The second kappa shape index (κ2) is 7.84. The fourth-order valence-electron chi connectivity index (χ4n) is 5.02. The van der Waals surface area contributed by atoms with Crippen molar-refractivity contribution in [2.75, 3.05) is 0 Å². The number of aldehydes is 1. The van der Waals surface area contributed by atoms with Crippen molar-refractivity contribution in [1.29, 1.82) is 0 Å². The van der Waals surface area contributed by atoms with Crippen LogP contribution in [0.3, 0.4) is 0 Å². The molecule has 5 rings (SSSR count). The number of hydrogen-bond acceptors (Lipinski definition) is 3. The maximum atomic E-state index is 12.0. The van der Waals surface area contributed by atoms with E-state index in [1.165, 1.54) is 16.7 Å². The van der Waals surface area contributed by atoms with Crippen molar-refractivity contribution in [1.82, 2.24) is 19.9 Å². The van der Waals surface area contributed by atoms with E-state index in [0.29, 0.717) is 11.5 Å². The summed E-state index contributed by atoms with van der Waals surface area (Å²) in [5.41, 5.74) is 14.3. The second-order valence-electron chi connectivity index (χ2n) is 9.37. The summed E-state index contributed by atoms with van der Waals surface area (Å²) in [7, 11) is 0. The standard InChI is InChI=1S/C28H30N4O/c1-7-19-16(4)26-12-28-20(13-33)17(5)25(32-28)10-21-14(2)8-23(29-21)18(6)24-9-15(3)22(30-24)11-27(19)31-26/h9-14,30,32H,7-8H2,1-6H3/t14-/m0/s1. The molecule has 2 N–H and O–H groups in total. The Hall–Kier alpha value is -3.47. The van der Waals surface area contributed by atoms with Gasteiger partial charge in [-0.25, -0.2) is 4.98 Å². The van der Waals surface area contributed by atoms with Crippen LogP contribution in [0.2, 0.25) is 0 Å². The van der Waals surface area contributed by atoms with E-state index < -0.39 is 0 Å². The summed E-state index contributed by atoms with van der Waals surface area (Å²) in [6.07, 6.45) is 2.74. The minimum absolute atomic E-state index is 0.316. The van der Waals surface area contributed by atoms with Gasteiger partial charge in [0, 0.05) is 39.4 Å². The van der Waals surface area contributed by atoms with Crippen LogP contribution >= 0.6 is 0 Å². The highest BCUT2D eigenvalue weighted by atomic mass is 16.1. The van der Waals surface area contributed by atoms with E-state index >= 15 is 0 Å². The molecule has 5 heterocycles. The third-order valence-corrected chi connectivity index (χ3v) is 7.24. The van der Waals surface area contributed by atoms with Gasteiger partial charge in [0.15, 0.2) is 6.29 Å². The summed E-state index contributed by atoms with van der Waals surface area (Å²) in [4.78, 5) is 29.1. The number of carbonyl (C=O) groups excluding carboxylic acids is 1. The first-order valence-corrected chi connectivity index (χ1v) is 11.7. The van der Waals surface area contributed by atoms with E-state index in [9.17, 15) is 4.79 Å². The summed E-state index contributed by atoms with van der Waals surface area (Å²) in [6, 6.07) is 8.47. The molecule has 0 saturated carbocycles. The van der Waals surface area contributed by atoms with Gasteiger partial charge in [0.05, 0.1) is 16.9 Å². The quantitative estimate of drug-likeness (QED) is 0.435. The molecule has 0 fully saturated rings. The van der Waals surface area contributed by atoms with Gasteiger partial charge < -0.3 is 9.97 Å². The smallest absolute Gasteiger partial charge is 0.152 e. The zero-order chi connectivity index (χ0) is 23.4. The first kappa shape index (κ1) is 21.4. The summed E-state index contributed by atoms with van der Waals surface area (Å²) in [5.74, 6) is 0.316. The second-order valence-corrected chi connectivity index (χ2v) is 9.37. The average molecular weight is 439 g/mol. The number of rotatable bonds is 2. The van der Waals surface area contributed by atoms with Crippen LogP contribution in [-0.2, 0) is 6.42 Å². The molecule has 0 spiro atoms. The number of carbonyl (C=O) groups is 1. The van der Waals surface area contributed by atoms with E-state index in [1.54, 1.807) is 0 Å². The first-order valence-electron chi connectivity index (χ1n) is 11.7. The van der Waals surface area contributed by atoms with Gasteiger partial charge in [-0.15, -0.1) is 0 Å². The molecule has 3 aromatic rings. The zero-order valence-corrected chi connectivity index (χ0v) is 20.2. The fourth-order valence-corrected chi connectivity index (χ4v) is 5.02. The predicted octanol–water partition coefficient (Wildman–Crippen LogP) is 6.74. The Bertz CT molecular complexity index is 1500. The van der Waals surface area contributed by atoms with Gasteiger partial charge in [0.1, 0.15) is 0 Å². The normalized spacial score (nSPS) is 15.9. The molecule has 0 aromatic carbocycles. The number of allylic oxidation sites excluding steroid dienone is 2. The number of aromatic nitrogens is 4. The van der Waals surface area contributed by atoms with Crippen molar-refractivity contribution in [2.45, 2.75) is 60.3 Å². The maximum absolute atomic E-state index is 12.0. The van der Waals surface area contributed by atoms with Crippen molar-refractivity contribution in [2.24, 2.45) is 0 Å². The van der Waals surface area contributed by atoms with Gasteiger partial charge in [0.2, 0.25) is 0 Å². The van der Waals surface area contributed by atoms with Crippen LogP contribution < -0.4 is 0 Å². The number of aromatic amines is 2. The van der Waals surface area contributed by atoms with Gasteiger partial charge in [-0.05, 0) is 92.6 Å². The van der Waals surface area contributed by atoms with Crippen LogP contribution in [0, 0.1) is 20.8 Å². The Kier molecular flexibility index (Phi) is 5.08. The minimum atomic E-state index is 0.316. The highest BCUT2D eigenvalue weighted by molar-refractivity contribution is 5.96. The number of nitrogens with one attached hydrogen (secondary N) is 2. The van der Waals surface area contributed by atoms with Crippen LogP contribution in [0.5, 0.6) is 0 Å². The topological polar surface area (TPSA) is 74.4 Å². The predicted molar refractivity (Wildman–Crippen MR) is 135 cm³/mol.